The summed E-state index contributed by atoms with van der Waals surface area (Å²) in [5, 5.41) is 29.5. The van der Waals surface area contributed by atoms with Gasteiger partial charge in [0.2, 0.25) is 0 Å². The first-order chi connectivity index (χ1) is 18.1. The van der Waals surface area contributed by atoms with Gasteiger partial charge in [-0.1, -0.05) is 0 Å². The summed E-state index contributed by atoms with van der Waals surface area (Å²) >= 11 is 0. The molecule has 1 aliphatic carbocycles. The van der Waals surface area contributed by atoms with E-state index in [1.165, 1.54) is 5.56 Å². The zero-order valence-electron chi connectivity index (χ0n) is 22.8. The van der Waals surface area contributed by atoms with Crippen molar-refractivity contribution in [2.75, 3.05) is 39.6 Å². The average Bonchev–Trinajstić information content (AvgIpc) is 2.85. The van der Waals surface area contributed by atoms with E-state index < -0.39 is 30.7 Å². The third-order valence-electron chi connectivity index (χ3n) is 8.38. The van der Waals surface area contributed by atoms with Crippen LogP contribution in [0.2, 0.25) is 0 Å². The Morgan fingerprint density at radius 1 is 0.868 bits per heavy atom. The second-order valence-corrected chi connectivity index (χ2v) is 11.7. The van der Waals surface area contributed by atoms with Crippen LogP contribution in [0.5, 0.6) is 17.2 Å². The van der Waals surface area contributed by atoms with Gasteiger partial charge in [0.25, 0.3) is 0 Å². The molecular weight excluding hydrogens is 496 g/mol. The lowest BCUT2D eigenvalue weighted by Gasteiger charge is -2.55. The lowest BCUT2D eigenvalue weighted by Crippen LogP contribution is -2.57. The minimum Gasteiger partial charge on any atom is -0.491 e. The number of hydrogen-bond acceptors (Lipinski definition) is 10. The molecule has 2 fully saturated rings. The highest BCUT2D eigenvalue weighted by Crippen LogP contribution is 2.60. The van der Waals surface area contributed by atoms with E-state index in [-0.39, 0.29) is 24.4 Å². The van der Waals surface area contributed by atoms with Crippen LogP contribution < -0.4 is 14.2 Å². The molecule has 1 aromatic rings. The van der Waals surface area contributed by atoms with Crippen molar-refractivity contribution >= 4 is 0 Å². The highest BCUT2D eigenvalue weighted by Gasteiger charge is 2.54. The average molecular weight is 539 g/mol. The van der Waals surface area contributed by atoms with Gasteiger partial charge >= 0.3 is 0 Å². The molecule has 3 N–H and O–H groups in total. The van der Waals surface area contributed by atoms with Gasteiger partial charge in [-0.3, -0.25) is 0 Å². The minimum absolute atomic E-state index is 0.128. The van der Waals surface area contributed by atoms with Crippen molar-refractivity contribution in [2.24, 2.45) is 5.92 Å². The van der Waals surface area contributed by atoms with Crippen molar-refractivity contribution in [3.8, 4) is 17.2 Å². The molecule has 8 atom stereocenters. The van der Waals surface area contributed by atoms with Gasteiger partial charge in [-0.2, -0.15) is 0 Å². The zero-order valence-corrected chi connectivity index (χ0v) is 22.8. The van der Waals surface area contributed by atoms with E-state index in [4.69, 9.17) is 33.2 Å². The van der Waals surface area contributed by atoms with Gasteiger partial charge in [0.15, 0.2) is 6.29 Å². The highest BCUT2D eigenvalue weighted by molar-refractivity contribution is 5.56. The van der Waals surface area contributed by atoms with Gasteiger partial charge < -0.3 is 48.5 Å². The molecule has 3 unspecified atom stereocenters. The molecule has 1 saturated heterocycles. The molecule has 1 saturated carbocycles. The molecule has 5 rings (SSSR count). The Morgan fingerprint density at radius 2 is 1.53 bits per heavy atom. The summed E-state index contributed by atoms with van der Waals surface area (Å²) in [5.74, 6) is 3.43. The third-order valence-corrected chi connectivity index (χ3v) is 8.38. The van der Waals surface area contributed by atoms with E-state index in [0.717, 1.165) is 30.8 Å². The molecule has 0 aromatic heterocycles. The van der Waals surface area contributed by atoms with Gasteiger partial charge in [-0.15, -0.1) is 0 Å². The molecular formula is C28H42O10. The maximum Gasteiger partial charge on any atom is 0.186 e. The van der Waals surface area contributed by atoms with Crippen LogP contribution in [-0.2, 0) is 18.9 Å². The van der Waals surface area contributed by atoms with Crippen molar-refractivity contribution < 1.29 is 48.5 Å². The first-order valence-corrected chi connectivity index (χ1v) is 13.7. The fraction of sp³-hybridized carbons (Fsp3) is 0.786. The van der Waals surface area contributed by atoms with Crippen LogP contribution >= 0.6 is 0 Å². The van der Waals surface area contributed by atoms with Gasteiger partial charge in [0.1, 0.15) is 53.4 Å². The molecule has 38 heavy (non-hydrogen) atoms. The van der Waals surface area contributed by atoms with Crippen molar-refractivity contribution in [1.29, 1.82) is 0 Å². The molecule has 214 valence electrons. The van der Waals surface area contributed by atoms with E-state index in [2.05, 4.69) is 20.8 Å². The first-order valence-electron chi connectivity index (χ1n) is 13.7. The SMILES string of the molecule is C[C@@H]1O[C@@H](OCCOCCOCCOc2cc3c4c(c2)OC(C)(C)C2CCC(C)(CC42)O3)[C@H](O)[C@H](O)[C@H]1O. The van der Waals surface area contributed by atoms with Crippen molar-refractivity contribution in [3.05, 3.63) is 17.7 Å². The number of aliphatic hydroxyl groups is 3. The van der Waals surface area contributed by atoms with Crippen LogP contribution in [0.15, 0.2) is 12.1 Å². The maximum atomic E-state index is 9.95. The lowest BCUT2D eigenvalue weighted by atomic mass is 9.61. The van der Waals surface area contributed by atoms with Crippen LogP contribution in [0.25, 0.3) is 0 Å². The number of rotatable bonds is 11. The van der Waals surface area contributed by atoms with E-state index in [1.54, 1.807) is 6.92 Å². The minimum atomic E-state index is -1.32. The molecule has 3 heterocycles. The van der Waals surface area contributed by atoms with Crippen LogP contribution in [0.4, 0.5) is 0 Å². The van der Waals surface area contributed by atoms with Crippen LogP contribution in [-0.4, -0.2) is 96.9 Å². The van der Waals surface area contributed by atoms with Crippen molar-refractivity contribution in [2.45, 2.75) is 94.8 Å². The van der Waals surface area contributed by atoms with Crippen molar-refractivity contribution in [1.82, 2.24) is 0 Å². The molecule has 4 aliphatic rings. The summed E-state index contributed by atoms with van der Waals surface area (Å²) in [6, 6.07) is 3.97. The Kier molecular flexibility index (Phi) is 8.13. The van der Waals surface area contributed by atoms with Crippen LogP contribution in [0, 0.1) is 5.92 Å². The predicted octanol–water partition coefficient (Wildman–Crippen LogP) is 2.15. The Balaban J connectivity index is 1.01. The molecule has 2 bridgehead atoms. The topological polar surface area (TPSA) is 125 Å². The van der Waals surface area contributed by atoms with Crippen LogP contribution in [0.1, 0.15) is 58.4 Å². The first kappa shape index (κ1) is 27.9. The summed E-state index contributed by atoms with van der Waals surface area (Å²) in [6.07, 6.45) is -2.24. The number of hydrogen-bond donors (Lipinski definition) is 3. The van der Waals surface area contributed by atoms with E-state index in [9.17, 15) is 15.3 Å². The number of aliphatic hydroxyl groups excluding tert-OH is 3. The summed E-state index contributed by atoms with van der Waals surface area (Å²) in [4.78, 5) is 0. The Labute approximate surface area is 224 Å². The van der Waals surface area contributed by atoms with Gasteiger partial charge in [0.05, 0.1) is 39.1 Å². The van der Waals surface area contributed by atoms with Gasteiger partial charge in [0, 0.05) is 29.5 Å². The highest BCUT2D eigenvalue weighted by atomic mass is 16.7. The largest absolute Gasteiger partial charge is 0.491 e. The van der Waals surface area contributed by atoms with Crippen LogP contribution in [0.3, 0.4) is 0 Å². The number of benzene rings is 1. The van der Waals surface area contributed by atoms with Gasteiger partial charge in [-0.25, -0.2) is 0 Å². The summed E-state index contributed by atoms with van der Waals surface area (Å²) in [7, 11) is 0. The fourth-order valence-corrected chi connectivity index (χ4v) is 6.33. The molecule has 10 heteroatoms. The second-order valence-electron chi connectivity index (χ2n) is 11.7. The molecule has 0 spiro atoms. The molecule has 3 aliphatic heterocycles. The van der Waals surface area contributed by atoms with Crippen molar-refractivity contribution in [3.63, 3.8) is 0 Å². The van der Waals surface area contributed by atoms with Gasteiger partial charge in [-0.05, 0) is 47.0 Å². The molecule has 0 radical (unpaired) electrons. The normalized spacial score (nSPS) is 36.8. The predicted molar refractivity (Wildman–Crippen MR) is 136 cm³/mol. The maximum absolute atomic E-state index is 9.95. The monoisotopic (exact) mass is 538 g/mol. The Bertz CT molecular complexity index is 952. The molecule has 1 aromatic carbocycles. The summed E-state index contributed by atoms with van der Waals surface area (Å²) < 4.78 is 40.8. The zero-order chi connectivity index (χ0) is 27.1. The molecule has 0 amide bonds. The fourth-order valence-electron chi connectivity index (χ4n) is 6.33. The Hall–Kier alpha value is -1.66. The van der Waals surface area contributed by atoms with E-state index in [1.807, 2.05) is 12.1 Å². The van der Waals surface area contributed by atoms with E-state index in [0.29, 0.717) is 44.0 Å². The summed E-state index contributed by atoms with van der Waals surface area (Å²) in [6.45, 7) is 10.2. The molecule has 10 nitrogen and oxygen atoms in total. The third kappa shape index (κ3) is 5.63. The standard InChI is InChI=1S/C28H42O10/c1-16-23(29)24(30)25(31)26(36-16)35-12-10-33-8-7-32-9-11-34-17-13-20-22-18-15-28(4,38-21(22)14-17)6-5-19(18)27(2,3)37-20/h13-14,16,18-19,23-26,29-31H,5-12,15H2,1-4H3/t16-,18?,19?,23-,24+,25+,26+,28?/m0/s1. The van der Waals surface area contributed by atoms with E-state index >= 15 is 0 Å². The number of ether oxygens (including phenoxy) is 7. The quantitative estimate of drug-likeness (QED) is 0.361. The summed E-state index contributed by atoms with van der Waals surface area (Å²) in [5.41, 5.74) is 0.854. The lowest BCUT2D eigenvalue weighted by molar-refractivity contribution is -0.294. The number of fused-ring (bicyclic) bond motifs is 1. The Morgan fingerprint density at radius 3 is 2.26 bits per heavy atom. The second kappa shape index (κ2) is 11.1. The smallest absolute Gasteiger partial charge is 0.186 e.